The van der Waals surface area contributed by atoms with Gasteiger partial charge in [-0.3, -0.25) is 4.98 Å². The Morgan fingerprint density at radius 2 is 2.33 bits per heavy atom. The Bertz CT molecular complexity index is 591. The molecule has 2 aromatic rings. The van der Waals surface area contributed by atoms with Gasteiger partial charge >= 0.3 is 5.76 Å². The molecule has 0 bridgehead atoms. The number of hydrogen-bond acceptors (Lipinski definition) is 5. The zero-order valence-electron chi connectivity index (χ0n) is 10.4. The molecule has 1 heterocycles. The highest BCUT2D eigenvalue weighted by Gasteiger charge is 2.08. The van der Waals surface area contributed by atoms with Crippen LogP contribution in [0.4, 0.5) is 11.4 Å². The van der Waals surface area contributed by atoms with Gasteiger partial charge in [0.05, 0.1) is 16.9 Å². The van der Waals surface area contributed by atoms with Crippen LogP contribution in [0.5, 0.6) is 0 Å². The van der Waals surface area contributed by atoms with Gasteiger partial charge in [0, 0.05) is 12.6 Å². The normalized spacial score (nSPS) is 12.8. The Hall–Kier alpha value is -1.56. The number of hydrogen-bond donors (Lipinski definition) is 3. The summed E-state index contributed by atoms with van der Waals surface area (Å²) in [6.07, 6.45) is 2.09. The third-order valence-corrected chi connectivity index (χ3v) is 3.59. The molecule has 4 N–H and O–H groups in total. The number of thioether (sulfide) groups is 1. The van der Waals surface area contributed by atoms with Crippen molar-refractivity contribution >= 4 is 34.2 Å². The summed E-state index contributed by atoms with van der Waals surface area (Å²) >= 11 is 1.82. The van der Waals surface area contributed by atoms with E-state index in [-0.39, 0.29) is 0 Å². The number of fused-ring (bicyclic) bond motifs is 1. The van der Waals surface area contributed by atoms with Crippen LogP contribution in [0.2, 0.25) is 0 Å². The Morgan fingerprint density at radius 3 is 3.06 bits per heavy atom. The summed E-state index contributed by atoms with van der Waals surface area (Å²) in [6.45, 7) is 3.02. The fraction of sp³-hybridized carbons (Fsp3) is 0.417. The van der Waals surface area contributed by atoms with Crippen molar-refractivity contribution in [3.05, 3.63) is 22.7 Å². The lowest BCUT2D eigenvalue weighted by molar-refractivity contribution is 0.555. The van der Waals surface area contributed by atoms with Crippen LogP contribution in [0.15, 0.2) is 21.3 Å². The second-order valence-corrected chi connectivity index (χ2v) is 5.30. The van der Waals surface area contributed by atoms with Crippen molar-refractivity contribution < 1.29 is 4.42 Å². The minimum absolute atomic E-state index is 0.461. The lowest BCUT2D eigenvalue weighted by atomic mass is 10.2. The van der Waals surface area contributed by atoms with Gasteiger partial charge in [0.25, 0.3) is 0 Å². The van der Waals surface area contributed by atoms with Gasteiger partial charge in [-0.2, -0.15) is 11.8 Å². The van der Waals surface area contributed by atoms with Crippen LogP contribution in [0, 0.1) is 5.92 Å². The number of rotatable bonds is 5. The van der Waals surface area contributed by atoms with Gasteiger partial charge in [0.15, 0.2) is 5.58 Å². The quantitative estimate of drug-likeness (QED) is 0.723. The van der Waals surface area contributed by atoms with Crippen LogP contribution in [-0.2, 0) is 0 Å². The van der Waals surface area contributed by atoms with Crippen LogP contribution in [0.25, 0.3) is 11.1 Å². The number of nitrogen functional groups attached to an aromatic ring is 1. The summed E-state index contributed by atoms with van der Waals surface area (Å²) in [5, 5.41) is 3.30. The predicted octanol–water partition coefficient (Wildman–Crippen LogP) is 2.11. The molecule has 0 amide bonds. The number of oxazole rings is 1. The van der Waals surface area contributed by atoms with E-state index >= 15 is 0 Å². The first-order chi connectivity index (χ1) is 8.60. The highest BCUT2D eigenvalue weighted by Crippen LogP contribution is 2.24. The standard InChI is InChI=1S/C12H17N3O2S/c1-7(6-18-2)5-14-9-4-10-11(3-8(9)13)17-12(16)15-10/h3-4,7,14H,5-6,13H2,1-2H3,(H,15,16). The zero-order chi connectivity index (χ0) is 13.1. The molecule has 0 fully saturated rings. The fourth-order valence-corrected chi connectivity index (χ4v) is 2.48. The first-order valence-corrected chi connectivity index (χ1v) is 7.14. The maximum absolute atomic E-state index is 11.1. The Balaban J connectivity index is 2.17. The van der Waals surface area contributed by atoms with Crippen molar-refractivity contribution in [2.45, 2.75) is 6.92 Å². The minimum atomic E-state index is -0.461. The van der Waals surface area contributed by atoms with E-state index < -0.39 is 5.76 Å². The van der Waals surface area contributed by atoms with Gasteiger partial charge in [-0.25, -0.2) is 4.79 Å². The highest BCUT2D eigenvalue weighted by atomic mass is 32.2. The molecule has 6 heteroatoms. The molecule has 1 unspecified atom stereocenters. The van der Waals surface area contributed by atoms with Gasteiger partial charge in [-0.15, -0.1) is 0 Å². The van der Waals surface area contributed by atoms with E-state index in [4.69, 9.17) is 10.2 Å². The lowest BCUT2D eigenvalue weighted by Gasteiger charge is -2.13. The highest BCUT2D eigenvalue weighted by molar-refractivity contribution is 7.98. The number of nitrogens with one attached hydrogen (secondary N) is 2. The number of aromatic nitrogens is 1. The van der Waals surface area contributed by atoms with Gasteiger partial charge < -0.3 is 15.5 Å². The first-order valence-electron chi connectivity index (χ1n) is 5.75. The summed E-state index contributed by atoms with van der Waals surface area (Å²) in [5.41, 5.74) is 8.47. The Labute approximate surface area is 109 Å². The monoisotopic (exact) mass is 267 g/mol. The molecular formula is C12H17N3O2S. The molecule has 0 aliphatic heterocycles. The summed E-state index contributed by atoms with van der Waals surface area (Å²) < 4.78 is 4.95. The van der Waals surface area contributed by atoms with Gasteiger partial charge in [-0.1, -0.05) is 6.92 Å². The average Bonchev–Trinajstić information content (AvgIpc) is 2.65. The molecule has 0 saturated carbocycles. The first kappa shape index (κ1) is 12.9. The van der Waals surface area contributed by atoms with Crippen LogP contribution in [0.1, 0.15) is 6.92 Å². The van der Waals surface area contributed by atoms with Crippen LogP contribution in [-0.4, -0.2) is 23.5 Å². The summed E-state index contributed by atoms with van der Waals surface area (Å²) in [7, 11) is 0. The molecule has 0 radical (unpaired) electrons. The number of H-pyrrole nitrogens is 1. The van der Waals surface area contributed by atoms with Crippen molar-refractivity contribution in [1.82, 2.24) is 4.98 Å². The third kappa shape index (κ3) is 2.81. The molecular weight excluding hydrogens is 250 g/mol. The van der Waals surface area contributed by atoms with Crippen LogP contribution >= 0.6 is 11.8 Å². The number of benzene rings is 1. The van der Waals surface area contributed by atoms with E-state index in [0.717, 1.165) is 18.0 Å². The van der Waals surface area contributed by atoms with E-state index in [1.165, 1.54) is 0 Å². The Morgan fingerprint density at radius 1 is 1.56 bits per heavy atom. The Kier molecular flexibility index (Phi) is 3.86. The number of aromatic amines is 1. The molecule has 5 nitrogen and oxygen atoms in total. The predicted molar refractivity (Wildman–Crippen MR) is 77.3 cm³/mol. The van der Waals surface area contributed by atoms with Crippen molar-refractivity contribution in [1.29, 1.82) is 0 Å². The van der Waals surface area contributed by atoms with E-state index in [1.807, 2.05) is 11.8 Å². The third-order valence-electron chi connectivity index (χ3n) is 2.68. The molecule has 0 spiro atoms. The molecule has 1 atom stereocenters. The summed E-state index contributed by atoms with van der Waals surface area (Å²) in [5.74, 6) is 1.19. The average molecular weight is 267 g/mol. The second kappa shape index (κ2) is 5.39. The number of anilines is 2. The smallest absolute Gasteiger partial charge is 0.408 e. The summed E-state index contributed by atoms with van der Waals surface area (Å²) in [4.78, 5) is 13.7. The maximum atomic E-state index is 11.1. The molecule has 98 valence electrons. The molecule has 1 aromatic heterocycles. The maximum Gasteiger partial charge on any atom is 0.417 e. The second-order valence-electron chi connectivity index (χ2n) is 4.39. The van der Waals surface area contributed by atoms with E-state index in [0.29, 0.717) is 22.7 Å². The van der Waals surface area contributed by atoms with Crippen molar-refractivity contribution in [3.8, 4) is 0 Å². The molecule has 2 rings (SSSR count). The largest absolute Gasteiger partial charge is 0.417 e. The molecule has 0 aliphatic rings. The lowest BCUT2D eigenvalue weighted by Crippen LogP contribution is -2.14. The summed E-state index contributed by atoms with van der Waals surface area (Å²) in [6, 6.07) is 3.47. The number of nitrogens with two attached hydrogens (primary N) is 1. The van der Waals surface area contributed by atoms with Gasteiger partial charge in [0.1, 0.15) is 0 Å². The van der Waals surface area contributed by atoms with Crippen LogP contribution < -0.4 is 16.8 Å². The minimum Gasteiger partial charge on any atom is -0.408 e. The fourth-order valence-electron chi connectivity index (χ4n) is 1.79. The molecule has 0 aliphatic carbocycles. The van der Waals surface area contributed by atoms with Crippen molar-refractivity contribution in [2.75, 3.05) is 29.6 Å². The molecule has 0 saturated heterocycles. The van der Waals surface area contributed by atoms with Gasteiger partial charge in [0.2, 0.25) is 0 Å². The molecule has 18 heavy (non-hydrogen) atoms. The van der Waals surface area contributed by atoms with Crippen molar-refractivity contribution in [2.24, 2.45) is 5.92 Å². The van der Waals surface area contributed by atoms with E-state index in [1.54, 1.807) is 12.1 Å². The van der Waals surface area contributed by atoms with E-state index in [9.17, 15) is 4.79 Å². The van der Waals surface area contributed by atoms with E-state index in [2.05, 4.69) is 23.5 Å². The van der Waals surface area contributed by atoms with Crippen LogP contribution in [0.3, 0.4) is 0 Å². The SMILES string of the molecule is CSCC(C)CNc1cc2[nH]c(=O)oc2cc1N. The zero-order valence-corrected chi connectivity index (χ0v) is 11.3. The van der Waals surface area contributed by atoms with Gasteiger partial charge in [-0.05, 0) is 24.0 Å². The van der Waals surface area contributed by atoms with Crippen molar-refractivity contribution in [3.63, 3.8) is 0 Å². The topological polar surface area (TPSA) is 84.0 Å². The molecule has 1 aromatic carbocycles.